The van der Waals surface area contributed by atoms with Crippen molar-refractivity contribution >= 4 is 11.6 Å². The Morgan fingerprint density at radius 3 is 2.88 bits per heavy atom. The van der Waals surface area contributed by atoms with E-state index in [0.29, 0.717) is 12.4 Å². The van der Waals surface area contributed by atoms with Gasteiger partial charge in [-0.25, -0.2) is 9.98 Å². The SMILES string of the molecule is CCNC(=NCc1nc(C)c(C)o1)NCCCc1nnc2ccccn12. The maximum Gasteiger partial charge on any atom is 0.216 e. The average molecular weight is 355 g/mol. The van der Waals surface area contributed by atoms with Crippen LogP contribution < -0.4 is 10.6 Å². The number of hydrogen-bond donors (Lipinski definition) is 2. The van der Waals surface area contributed by atoms with Crippen LogP contribution in [0.3, 0.4) is 0 Å². The predicted octanol–water partition coefficient (Wildman–Crippen LogP) is 2.02. The fourth-order valence-electron chi connectivity index (χ4n) is 2.61. The molecule has 0 unspecified atom stereocenters. The lowest BCUT2D eigenvalue weighted by Crippen LogP contribution is -2.37. The third kappa shape index (κ3) is 4.38. The van der Waals surface area contributed by atoms with Crippen LogP contribution in [0, 0.1) is 13.8 Å². The fraction of sp³-hybridized carbons (Fsp3) is 0.444. The second kappa shape index (κ2) is 8.46. The molecule has 3 aromatic heterocycles. The number of nitrogens with one attached hydrogen (secondary N) is 2. The highest BCUT2D eigenvalue weighted by atomic mass is 16.4. The zero-order chi connectivity index (χ0) is 18.4. The number of fused-ring (bicyclic) bond motifs is 1. The van der Waals surface area contributed by atoms with Crippen LogP contribution in [0.15, 0.2) is 33.8 Å². The van der Waals surface area contributed by atoms with Gasteiger partial charge in [-0.2, -0.15) is 0 Å². The fourth-order valence-corrected chi connectivity index (χ4v) is 2.61. The third-order valence-electron chi connectivity index (χ3n) is 4.04. The molecule has 0 fully saturated rings. The van der Waals surface area contributed by atoms with Gasteiger partial charge in [0, 0.05) is 25.7 Å². The summed E-state index contributed by atoms with van der Waals surface area (Å²) >= 11 is 0. The van der Waals surface area contributed by atoms with E-state index in [4.69, 9.17) is 4.42 Å². The molecule has 0 spiro atoms. The van der Waals surface area contributed by atoms with Crippen LogP contribution in [0.5, 0.6) is 0 Å². The van der Waals surface area contributed by atoms with E-state index in [1.807, 2.05) is 49.6 Å². The number of oxazole rings is 1. The van der Waals surface area contributed by atoms with E-state index in [1.165, 1.54) is 0 Å². The van der Waals surface area contributed by atoms with E-state index in [0.717, 1.165) is 54.8 Å². The molecule has 0 aromatic carbocycles. The molecule has 0 atom stereocenters. The van der Waals surface area contributed by atoms with Crippen molar-refractivity contribution < 1.29 is 4.42 Å². The number of aryl methyl sites for hydroxylation is 3. The normalized spacial score (nSPS) is 11.9. The van der Waals surface area contributed by atoms with Crippen LogP contribution in [-0.2, 0) is 13.0 Å². The van der Waals surface area contributed by atoms with E-state index >= 15 is 0 Å². The van der Waals surface area contributed by atoms with Crippen molar-refractivity contribution in [3.8, 4) is 0 Å². The minimum atomic E-state index is 0.416. The van der Waals surface area contributed by atoms with E-state index in [-0.39, 0.29) is 0 Å². The van der Waals surface area contributed by atoms with Gasteiger partial charge in [0.25, 0.3) is 0 Å². The van der Waals surface area contributed by atoms with Gasteiger partial charge in [-0.15, -0.1) is 10.2 Å². The Balaban J connectivity index is 1.51. The predicted molar refractivity (Wildman–Crippen MR) is 100 cm³/mol. The Bertz CT molecular complexity index is 861. The van der Waals surface area contributed by atoms with Crippen LogP contribution >= 0.6 is 0 Å². The van der Waals surface area contributed by atoms with Crippen LogP contribution in [0.1, 0.15) is 36.5 Å². The van der Waals surface area contributed by atoms with Gasteiger partial charge in [0.15, 0.2) is 11.6 Å². The Morgan fingerprint density at radius 1 is 1.23 bits per heavy atom. The quantitative estimate of drug-likeness (QED) is 0.383. The molecule has 2 N–H and O–H groups in total. The minimum absolute atomic E-state index is 0.416. The number of aliphatic imine (C=N–C) groups is 1. The highest BCUT2D eigenvalue weighted by molar-refractivity contribution is 5.79. The first-order valence-electron chi connectivity index (χ1n) is 8.91. The van der Waals surface area contributed by atoms with E-state index in [2.05, 4.69) is 30.8 Å². The lowest BCUT2D eigenvalue weighted by molar-refractivity contribution is 0.472. The van der Waals surface area contributed by atoms with Crippen molar-refractivity contribution in [1.29, 1.82) is 0 Å². The van der Waals surface area contributed by atoms with Gasteiger partial charge >= 0.3 is 0 Å². The van der Waals surface area contributed by atoms with Gasteiger partial charge in [0.1, 0.15) is 18.1 Å². The summed E-state index contributed by atoms with van der Waals surface area (Å²) in [4.78, 5) is 8.88. The maximum absolute atomic E-state index is 5.57. The van der Waals surface area contributed by atoms with Crippen molar-refractivity contribution in [3.63, 3.8) is 0 Å². The average Bonchev–Trinajstić information content (AvgIpc) is 3.20. The standard InChI is InChI=1S/C18H25N7O/c1-4-19-18(21-12-17-22-13(2)14(3)26-17)20-10-7-9-16-24-23-15-8-5-6-11-25(15)16/h5-6,8,11H,4,7,9-10,12H2,1-3H3,(H2,19,20,21). The molecule has 0 amide bonds. The summed E-state index contributed by atoms with van der Waals surface area (Å²) in [5.74, 6) is 3.20. The van der Waals surface area contributed by atoms with Crippen LogP contribution in [0.25, 0.3) is 5.65 Å². The zero-order valence-electron chi connectivity index (χ0n) is 15.5. The van der Waals surface area contributed by atoms with Gasteiger partial charge in [-0.3, -0.25) is 4.40 Å². The zero-order valence-corrected chi connectivity index (χ0v) is 15.5. The van der Waals surface area contributed by atoms with E-state index < -0.39 is 0 Å². The monoisotopic (exact) mass is 355 g/mol. The second-order valence-corrected chi connectivity index (χ2v) is 6.02. The summed E-state index contributed by atoms with van der Waals surface area (Å²) in [6, 6.07) is 5.91. The number of pyridine rings is 1. The Morgan fingerprint density at radius 2 is 2.12 bits per heavy atom. The van der Waals surface area contributed by atoms with E-state index in [9.17, 15) is 0 Å². The molecule has 0 saturated heterocycles. The van der Waals surface area contributed by atoms with Crippen molar-refractivity contribution in [2.24, 2.45) is 4.99 Å². The Kier molecular flexibility index (Phi) is 5.83. The Labute approximate surface area is 152 Å². The number of aromatic nitrogens is 4. The molecule has 26 heavy (non-hydrogen) atoms. The second-order valence-electron chi connectivity index (χ2n) is 6.02. The van der Waals surface area contributed by atoms with Crippen LogP contribution in [-0.4, -0.2) is 38.6 Å². The summed E-state index contributed by atoms with van der Waals surface area (Å²) in [6.45, 7) is 7.89. The van der Waals surface area contributed by atoms with Gasteiger partial charge in [-0.1, -0.05) is 6.07 Å². The molecule has 8 nitrogen and oxygen atoms in total. The summed E-state index contributed by atoms with van der Waals surface area (Å²) in [6.07, 6.45) is 3.76. The van der Waals surface area contributed by atoms with Crippen molar-refractivity contribution in [2.45, 2.75) is 40.2 Å². The molecule has 0 radical (unpaired) electrons. The van der Waals surface area contributed by atoms with Gasteiger partial charge in [0.05, 0.1) is 5.69 Å². The molecule has 3 rings (SSSR count). The Hall–Kier alpha value is -2.90. The molecule has 3 aromatic rings. The summed E-state index contributed by atoms with van der Waals surface area (Å²) < 4.78 is 7.59. The summed E-state index contributed by atoms with van der Waals surface area (Å²) in [5.41, 5.74) is 1.79. The molecular formula is C18H25N7O. The lowest BCUT2D eigenvalue weighted by atomic mass is 10.3. The van der Waals surface area contributed by atoms with Crippen LogP contribution in [0.2, 0.25) is 0 Å². The first-order chi connectivity index (χ1) is 12.7. The largest absolute Gasteiger partial charge is 0.444 e. The maximum atomic E-state index is 5.57. The number of rotatable bonds is 7. The van der Waals surface area contributed by atoms with Crippen molar-refractivity contribution in [1.82, 2.24) is 30.2 Å². The minimum Gasteiger partial charge on any atom is -0.444 e. The molecule has 0 aliphatic carbocycles. The van der Waals surface area contributed by atoms with Crippen molar-refractivity contribution in [2.75, 3.05) is 13.1 Å². The lowest BCUT2D eigenvalue weighted by Gasteiger charge is -2.10. The van der Waals surface area contributed by atoms with Gasteiger partial charge in [0.2, 0.25) is 5.89 Å². The molecule has 3 heterocycles. The molecule has 0 bridgehead atoms. The molecule has 0 saturated carbocycles. The summed E-state index contributed by atoms with van der Waals surface area (Å²) in [5, 5.41) is 15.0. The van der Waals surface area contributed by atoms with Crippen LogP contribution in [0.4, 0.5) is 0 Å². The number of hydrogen-bond acceptors (Lipinski definition) is 5. The van der Waals surface area contributed by atoms with Gasteiger partial charge in [-0.05, 0) is 39.3 Å². The first kappa shape index (κ1) is 17.9. The topological polar surface area (TPSA) is 92.6 Å². The van der Waals surface area contributed by atoms with Crippen molar-refractivity contribution in [3.05, 3.63) is 47.6 Å². The van der Waals surface area contributed by atoms with E-state index in [1.54, 1.807) is 0 Å². The van der Waals surface area contributed by atoms with Gasteiger partial charge < -0.3 is 15.1 Å². The smallest absolute Gasteiger partial charge is 0.216 e. The molecular weight excluding hydrogens is 330 g/mol. The highest BCUT2D eigenvalue weighted by Crippen LogP contribution is 2.09. The molecule has 0 aliphatic heterocycles. The third-order valence-corrected chi connectivity index (χ3v) is 4.04. The molecule has 0 aliphatic rings. The summed E-state index contributed by atoms with van der Waals surface area (Å²) in [7, 11) is 0. The first-order valence-corrected chi connectivity index (χ1v) is 8.91. The number of guanidine groups is 1. The molecule has 138 valence electrons. The highest BCUT2D eigenvalue weighted by Gasteiger charge is 2.06. The number of nitrogens with zero attached hydrogens (tertiary/aromatic N) is 5. The molecule has 8 heteroatoms.